The van der Waals surface area contributed by atoms with Crippen LogP contribution in [0.15, 0.2) is 53.0 Å². The van der Waals surface area contributed by atoms with E-state index in [1.165, 1.54) is 0 Å². The van der Waals surface area contributed by atoms with E-state index in [-0.39, 0.29) is 13.2 Å². The lowest BCUT2D eigenvalue weighted by Crippen LogP contribution is -2.35. The molecule has 2 atom stereocenters. The van der Waals surface area contributed by atoms with E-state index < -0.39 is 18.3 Å². The number of hydrogen-bond acceptors (Lipinski definition) is 5. The molecule has 0 spiro atoms. The maximum atomic E-state index is 11.7. The highest BCUT2D eigenvalue weighted by Gasteiger charge is 2.22. The lowest BCUT2D eigenvalue weighted by molar-refractivity contribution is 0.0180. The Kier molecular flexibility index (Phi) is 7.12. The van der Waals surface area contributed by atoms with E-state index in [1.54, 1.807) is 18.2 Å². The van der Waals surface area contributed by atoms with Crippen LogP contribution in [0.4, 0.5) is 4.79 Å². The van der Waals surface area contributed by atoms with Gasteiger partial charge in [-0.1, -0.05) is 48.5 Å². The molecule has 7 heteroatoms. The number of rotatable bonds is 7. The Morgan fingerprint density at radius 3 is 2.56 bits per heavy atom. The number of halogens is 1. The summed E-state index contributed by atoms with van der Waals surface area (Å²) in [5.74, 6) is 0. The minimum atomic E-state index is -1.27. The first-order chi connectivity index (χ1) is 12.0. The summed E-state index contributed by atoms with van der Waals surface area (Å²) in [6.45, 7) is -0.0925. The zero-order valence-electron chi connectivity index (χ0n) is 13.3. The van der Waals surface area contributed by atoms with Crippen molar-refractivity contribution >= 4 is 28.3 Å². The molecule has 0 aliphatic rings. The number of benzene rings is 2. The number of carbonyl (C=O) groups excluding carboxylic acids is 2. The molecule has 132 valence electrons. The van der Waals surface area contributed by atoms with Crippen molar-refractivity contribution < 1.29 is 24.5 Å². The molecule has 2 unspecified atom stereocenters. The first-order valence-electron chi connectivity index (χ1n) is 7.57. The lowest BCUT2D eigenvalue weighted by Gasteiger charge is -2.20. The average molecular weight is 408 g/mol. The molecule has 0 radical (unpaired) electrons. The van der Waals surface area contributed by atoms with Crippen LogP contribution in [0.3, 0.4) is 0 Å². The summed E-state index contributed by atoms with van der Waals surface area (Å²) in [7, 11) is 0. The van der Waals surface area contributed by atoms with Gasteiger partial charge < -0.3 is 20.3 Å². The fourth-order valence-corrected chi connectivity index (χ4v) is 2.76. The van der Waals surface area contributed by atoms with Crippen LogP contribution < -0.4 is 5.32 Å². The van der Waals surface area contributed by atoms with Gasteiger partial charge in [-0.25, -0.2) is 4.79 Å². The van der Waals surface area contributed by atoms with Crippen LogP contribution in [-0.4, -0.2) is 35.2 Å². The zero-order valence-corrected chi connectivity index (χ0v) is 14.8. The molecule has 0 saturated heterocycles. The first kappa shape index (κ1) is 19.1. The van der Waals surface area contributed by atoms with E-state index in [0.29, 0.717) is 21.9 Å². The van der Waals surface area contributed by atoms with Crippen LogP contribution in [0.5, 0.6) is 0 Å². The first-order valence-corrected chi connectivity index (χ1v) is 8.36. The smallest absolute Gasteiger partial charge is 0.407 e. The van der Waals surface area contributed by atoms with Gasteiger partial charge in [0.05, 0.1) is 0 Å². The molecule has 25 heavy (non-hydrogen) atoms. The molecule has 0 saturated carbocycles. The summed E-state index contributed by atoms with van der Waals surface area (Å²) < 4.78 is 5.43. The molecule has 0 aliphatic carbocycles. The molecule has 6 nitrogen and oxygen atoms in total. The molecule has 0 heterocycles. The minimum Gasteiger partial charge on any atom is -0.445 e. The summed E-state index contributed by atoms with van der Waals surface area (Å²) in [5, 5.41) is 22.7. The van der Waals surface area contributed by atoms with E-state index in [2.05, 4.69) is 21.2 Å². The fraction of sp³-hybridized carbons (Fsp3) is 0.222. The Labute approximate surface area is 153 Å². The second-order valence-corrected chi connectivity index (χ2v) is 6.12. The van der Waals surface area contributed by atoms with E-state index in [9.17, 15) is 19.8 Å². The van der Waals surface area contributed by atoms with Crippen LogP contribution in [-0.2, 0) is 11.3 Å². The molecule has 2 rings (SSSR count). The van der Waals surface area contributed by atoms with Crippen LogP contribution in [0, 0.1) is 0 Å². The SMILES string of the molecule is O=Cc1cccc(C(O)C(O)CNC(=O)OCc2ccccc2)c1Br. The fourth-order valence-electron chi connectivity index (χ4n) is 2.17. The zero-order chi connectivity index (χ0) is 18.2. The molecule has 0 fully saturated rings. The number of amides is 1. The van der Waals surface area contributed by atoms with Gasteiger partial charge in [0.2, 0.25) is 0 Å². The number of carbonyl (C=O) groups is 2. The second-order valence-electron chi connectivity index (χ2n) is 5.32. The van der Waals surface area contributed by atoms with Gasteiger partial charge in [0.1, 0.15) is 18.8 Å². The van der Waals surface area contributed by atoms with Gasteiger partial charge in [-0.15, -0.1) is 0 Å². The Hall–Kier alpha value is -2.22. The standard InChI is InChI=1S/C18H18BrNO5/c19-16-13(10-21)7-4-8-14(16)17(23)15(22)9-20-18(24)25-11-12-5-2-1-3-6-12/h1-8,10,15,17,22-23H,9,11H2,(H,20,24). The number of alkyl carbamates (subject to hydrolysis) is 1. The number of hydrogen-bond donors (Lipinski definition) is 3. The molecule has 1 amide bonds. The average Bonchev–Trinajstić information content (AvgIpc) is 2.65. The molecule has 0 bridgehead atoms. The van der Waals surface area contributed by atoms with Crippen molar-refractivity contribution in [2.75, 3.05) is 6.54 Å². The molecule has 0 aromatic heterocycles. The molecule has 2 aromatic carbocycles. The predicted molar refractivity (Wildman–Crippen MR) is 95.1 cm³/mol. The van der Waals surface area contributed by atoms with Gasteiger partial charge in [-0.2, -0.15) is 0 Å². The Bertz CT molecular complexity index is 723. The number of aliphatic hydroxyl groups excluding tert-OH is 2. The molecule has 2 aromatic rings. The predicted octanol–water partition coefficient (Wildman–Crippen LogP) is 2.58. The van der Waals surface area contributed by atoms with E-state index in [0.717, 1.165) is 5.56 Å². The maximum absolute atomic E-state index is 11.7. The maximum Gasteiger partial charge on any atom is 0.407 e. The van der Waals surface area contributed by atoms with Gasteiger partial charge in [0, 0.05) is 16.6 Å². The van der Waals surface area contributed by atoms with Crippen molar-refractivity contribution in [1.29, 1.82) is 0 Å². The largest absolute Gasteiger partial charge is 0.445 e. The van der Waals surface area contributed by atoms with Gasteiger partial charge in [-0.05, 0) is 27.1 Å². The number of ether oxygens (including phenoxy) is 1. The van der Waals surface area contributed by atoms with Crippen molar-refractivity contribution in [3.05, 3.63) is 69.7 Å². The minimum absolute atomic E-state index is 0.109. The third-order valence-corrected chi connectivity index (χ3v) is 4.45. The molecular weight excluding hydrogens is 390 g/mol. The van der Waals surface area contributed by atoms with Crippen molar-refractivity contribution in [3.8, 4) is 0 Å². The summed E-state index contributed by atoms with van der Waals surface area (Å²) in [5.41, 5.74) is 1.56. The third-order valence-electron chi connectivity index (χ3n) is 3.54. The number of nitrogens with one attached hydrogen (secondary N) is 1. The second kappa shape index (κ2) is 9.31. The molecule has 0 aliphatic heterocycles. The summed E-state index contributed by atoms with van der Waals surface area (Å²) in [6, 6.07) is 13.9. The Balaban J connectivity index is 1.86. The molecule has 3 N–H and O–H groups in total. The van der Waals surface area contributed by atoms with Gasteiger partial charge in [0.15, 0.2) is 6.29 Å². The van der Waals surface area contributed by atoms with Gasteiger partial charge in [-0.3, -0.25) is 4.79 Å². The van der Waals surface area contributed by atoms with Crippen LogP contribution in [0.25, 0.3) is 0 Å². The van der Waals surface area contributed by atoms with Crippen LogP contribution in [0.1, 0.15) is 27.6 Å². The lowest BCUT2D eigenvalue weighted by atomic mass is 10.0. The van der Waals surface area contributed by atoms with E-state index in [1.807, 2.05) is 30.3 Å². The normalized spacial score (nSPS) is 12.9. The Morgan fingerprint density at radius 1 is 1.16 bits per heavy atom. The Morgan fingerprint density at radius 2 is 1.88 bits per heavy atom. The highest BCUT2D eigenvalue weighted by atomic mass is 79.9. The summed E-state index contributed by atoms with van der Waals surface area (Å²) in [4.78, 5) is 22.6. The van der Waals surface area contributed by atoms with Crippen molar-refractivity contribution in [2.45, 2.75) is 18.8 Å². The van der Waals surface area contributed by atoms with Crippen molar-refractivity contribution in [3.63, 3.8) is 0 Å². The van der Waals surface area contributed by atoms with E-state index >= 15 is 0 Å². The van der Waals surface area contributed by atoms with Crippen LogP contribution >= 0.6 is 15.9 Å². The number of aliphatic hydroxyl groups is 2. The quantitative estimate of drug-likeness (QED) is 0.613. The van der Waals surface area contributed by atoms with Gasteiger partial charge >= 0.3 is 6.09 Å². The van der Waals surface area contributed by atoms with E-state index in [4.69, 9.17) is 4.74 Å². The molecular formula is C18H18BrNO5. The third kappa shape index (κ3) is 5.38. The number of aldehydes is 1. The topological polar surface area (TPSA) is 95.9 Å². The summed E-state index contributed by atoms with van der Waals surface area (Å²) >= 11 is 3.23. The van der Waals surface area contributed by atoms with Crippen LogP contribution in [0.2, 0.25) is 0 Å². The van der Waals surface area contributed by atoms with Gasteiger partial charge in [0.25, 0.3) is 0 Å². The summed E-state index contributed by atoms with van der Waals surface area (Å²) in [6.07, 6.45) is -2.59. The van der Waals surface area contributed by atoms with Crippen molar-refractivity contribution in [2.24, 2.45) is 0 Å². The highest BCUT2D eigenvalue weighted by molar-refractivity contribution is 9.10. The monoisotopic (exact) mass is 407 g/mol. The highest BCUT2D eigenvalue weighted by Crippen LogP contribution is 2.28. The van der Waals surface area contributed by atoms with Crippen molar-refractivity contribution in [1.82, 2.24) is 5.32 Å².